The second kappa shape index (κ2) is 10.8. The standard InChI is InChI=1S/C28H33FN2O2S/c1-22-7-3-4-8-25(22)20-31(34(2,32)33)21-26-9-5-6-10-28(26)24-15-17-30(18-16-24)19-23-11-13-27(29)14-12-23/h3-14,24H,15-21H2,1-2H3. The lowest BCUT2D eigenvalue weighted by Crippen LogP contribution is -2.33. The van der Waals surface area contributed by atoms with Crippen molar-refractivity contribution in [1.82, 2.24) is 9.21 Å². The highest BCUT2D eigenvalue weighted by atomic mass is 32.2. The lowest BCUT2D eigenvalue weighted by Gasteiger charge is -2.33. The van der Waals surface area contributed by atoms with Crippen LogP contribution in [-0.2, 0) is 29.7 Å². The monoisotopic (exact) mass is 480 g/mol. The predicted molar refractivity (Wildman–Crippen MR) is 135 cm³/mol. The average Bonchev–Trinajstić information content (AvgIpc) is 2.82. The Bertz CT molecular complexity index is 1200. The molecule has 0 spiro atoms. The zero-order valence-electron chi connectivity index (χ0n) is 20.0. The van der Waals surface area contributed by atoms with Gasteiger partial charge in [0.25, 0.3) is 0 Å². The third kappa shape index (κ3) is 6.32. The SMILES string of the molecule is Cc1ccccc1CN(Cc1ccccc1C1CCN(Cc2ccc(F)cc2)CC1)S(C)(=O)=O. The van der Waals surface area contributed by atoms with E-state index in [4.69, 9.17) is 0 Å². The van der Waals surface area contributed by atoms with Crippen molar-refractivity contribution in [2.75, 3.05) is 19.3 Å². The van der Waals surface area contributed by atoms with Crippen LogP contribution in [0.2, 0.25) is 0 Å². The van der Waals surface area contributed by atoms with Gasteiger partial charge in [0, 0.05) is 19.6 Å². The Kier molecular flexibility index (Phi) is 7.81. The number of likely N-dealkylation sites (tertiary alicyclic amines) is 1. The maximum absolute atomic E-state index is 13.2. The van der Waals surface area contributed by atoms with Crippen molar-refractivity contribution in [3.05, 3.63) is 106 Å². The van der Waals surface area contributed by atoms with E-state index in [1.807, 2.05) is 49.4 Å². The molecule has 34 heavy (non-hydrogen) atoms. The molecule has 0 atom stereocenters. The third-order valence-corrected chi connectivity index (χ3v) is 8.02. The zero-order valence-corrected chi connectivity index (χ0v) is 20.8. The van der Waals surface area contributed by atoms with Gasteiger partial charge in [-0.15, -0.1) is 0 Å². The van der Waals surface area contributed by atoms with E-state index in [1.165, 1.54) is 24.0 Å². The first-order chi connectivity index (χ1) is 16.3. The van der Waals surface area contributed by atoms with Crippen LogP contribution in [0.4, 0.5) is 4.39 Å². The van der Waals surface area contributed by atoms with Crippen molar-refractivity contribution < 1.29 is 12.8 Å². The fourth-order valence-electron chi connectivity index (χ4n) is 4.78. The Balaban J connectivity index is 1.46. The van der Waals surface area contributed by atoms with E-state index in [0.717, 1.165) is 54.7 Å². The van der Waals surface area contributed by atoms with E-state index in [-0.39, 0.29) is 5.82 Å². The lowest BCUT2D eigenvalue weighted by molar-refractivity contribution is 0.204. The molecule has 0 aromatic heterocycles. The number of piperidine rings is 1. The Morgan fingerprint density at radius 2 is 1.47 bits per heavy atom. The summed E-state index contributed by atoms with van der Waals surface area (Å²) in [7, 11) is -3.37. The molecular weight excluding hydrogens is 447 g/mol. The molecule has 1 heterocycles. The van der Waals surface area contributed by atoms with Gasteiger partial charge in [0.1, 0.15) is 5.82 Å². The van der Waals surface area contributed by atoms with Crippen LogP contribution in [0.1, 0.15) is 46.6 Å². The number of sulfonamides is 1. The van der Waals surface area contributed by atoms with Crippen LogP contribution < -0.4 is 0 Å². The van der Waals surface area contributed by atoms with E-state index < -0.39 is 10.0 Å². The van der Waals surface area contributed by atoms with Crippen molar-refractivity contribution in [3.8, 4) is 0 Å². The highest BCUT2D eigenvalue weighted by molar-refractivity contribution is 7.88. The Labute approximate surface area is 203 Å². The van der Waals surface area contributed by atoms with Crippen molar-refractivity contribution >= 4 is 10.0 Å². The number of hydrogen-bond acceptors (Lipinski definition) is 3. The number of halogens is 1. The molecule has 1 aliphatic rings. The van der Waals surface area contributed by atoms with Gasteiger partial charge in [0.15, 0.2) is 0 Å². The maximum Gasteiger partial charge on any atom is 0.211 e. The molecule has 3 aromatic rings. The predicted octanol–water partition coefficient (Wildman–Crippen LogP) is 5.48. The van der Waals surface area contributed by atoms with Gasteiger partial charge < -0.3 is 0 Å². The Morgan fingerprint density at radius 1 is 0.882 bits per heavy atom. The number of nitrogens with zero attached hydrogens (tertiary/aromatic N) is 2. The van der Waals surface area contributed by atoms with E-state index in [2.05, 4.69) is 23.1 Å². The Hall–Kier alpha value is -2.54. The van der Waals surface area contributed by atoms with E-state index >= 15 is 0 Å². The number of rotatable bonds is 8. The molecule has 0 unspecified atom stereocenters. The summed E-state index contributed by atoms with van der Waals surface area (Å²) in [5.41, 5.74) is 5.58. The summed E-state index contributed by atoms with van der Waals surface area (Å²) in [4.78, 5) is 2.41. The van der Waals surface area contributed by atoms with Gasteiger partial charge in [-0.25, -0.2) is 12.8 Å². The Morgan fingerprint density at radius 3 is 2.12 bits per heavy atom. The summed E-state index contributed by atoms with van der Waals surface area (Å²) in [6, 6.07) is 23.0. The van der Waals surface area contributed by atoms with Crippen LogP contribution in [0.3, 0.4) is 0 Å². The largest absolute Gasteiger partial charge is 0.299 e. The molecule has 1 saturated heterocycles. The van der Waals surface area contributed by atoms with Gasteiger partial charge in [0.2, 0.25) is 10.0 Å². The van der Waals surface area contributed by atoms with Crippen molar-refractivity contribution in [3.63, 3.8) is 0 Å². The van der Waals surface area contributed by atoms with Gasteiger partial charge in [-0.3, -0.25) is 4.90 Å². The first-order valence-corrected chi connectivity index (χ1v) is 13.7. The fraction of sp³-hybridized carbons (Fsp3) is 0.357. The smallest absolute Gasteiger partial charge is 0.211 e. The molecular formula is C28H33FN2O2S. The minimum atomic E-state index is -3.37. The quantitative estimate of drug-likeness (QED) is 0.429. The van der Waals surface area contributed by atoms with Crippen LogP contribution in [0.5, 0.6) is 0 Å². The fourth-order valence-corrected chi connectivity index (χ4v) is 5.53. The molecule has 0 amide bonds. The topological polar surface area (TPSA) is 40.6 Å². The molecule has 4 rings (SSSR count). The first-order valence-electron chi connectivity index (χ1n) is 11.8. The lowest BCUT2D eigenvalue weighted by atomic mass is 9.86. The molecule has 180 valence electrons. The molecule has 6 heteroatoms. The minimum absolute atomic E-state index is 0.204. The average molecular weight is 481 g/mol. The highest BCUT2D eigenvalue weighted by Crippen LogP contribution is 2.32. The van der Waals surface area contributed by atoms with Crippen LogP contribution in [0.25, 0.3) is 0 Å². The van der Waals surface area contributed by atoms with Gasteiger partial charge in [-0.1, -0.05) is 60.7 Å². The highest BCUT2D eigenvalue weighted by Gasteiger charge is 2.25. The van der Waals surface area contributed by atoms with Crippen LogP contribution >= 0.6 is 0 Å². The van der Waals surface area contributed by atoms with Crippen LogP contribution in [0, 0.1) is 12.7 Å². The first kappa shape index (κ1) is 24.6. The number of aryl methyl sites for hydroxylation is 1. The van der Waals surface area contributed by atoms with E-state index in [0.29, 0.717) is 19.0 Å². The summed E-state index contributed by atoms with van der Waals surface area (Å²) >= 11 is 0. The van der Waals surface area contributed by atoms with Gasteiger partial charge in [-0.2, -0.15) is 4.31 Å². The molecule has 0 N–H and O–H groups in total. The summed E-state index contributed by atoms with van der Waals surface area (Å²) in [6.45, 7) is 5.52. The van der Waals surface area contributed by atoms with Gasteiger partial charge >= 0.3 is 0 Å². The number of hydrogen-bond donors (Lipinski definition) is 0. The molecule has 0 bridgehead atoms. The molecule has 0 aliphatic carbocycles. The molecule has 4 nitrogen and oxygen atoms in total. The summed E-state index contributed by atoms with van der Waals surface area (Å²) in [5.74, 6) is 0.199. The molecule has 0 saturated carbocycles. The second-order valence-corrected chi connectivity index (χ2v) is 11.3. The zero-order chi connectivity index (χ0) is 24.1. The third-order valence-electron chi connectivity index (χ3n) is 6.83. The molecule has 1 aliphatic heterocycles. The number of benzene rings is 3. The van der Waals surface area contributed by atoms with Crippen LogP contribution in [0.15, 0.2) is 72.8 Å². The molecule has 3 aromatic carbocycles. The normalized spacial score (nSPS) is 15.6. The summed E-state index contributed by atoms with van der Waals surface area (Å²) < 4.78 is 40.1. The van der Waals surface area contributed by atoms with Crippen LogP contribution in [-0.4, -0.2) is 37.0 Å². The molecule has 0 radical (unpaired) electrons. The van der Waals surface area contributed by atoms with Gasteiger partial charge in [0.05, 0.1) is 6.26 Å². The van der Waals surface area contributed by atoms with Crippen molar-refractivity contribution in [2.45, 2.75) is 45.3 Å². The van der Waals surface area contributed by atoms with E-state index in [9.17, 15) is 12.8 Å². The molecule has 1 fully saturated rings. The minimum Gasteiger partial charge on any atom is -0.299 e. The van der Waals surface area contributed by atoms with Crippen molar-refractivity contribution in [1.29, 1.82) is 0 Å². The van der Waals surface area contributed by atoms with Gasteiger partial charge in [-0.05, 0) is 78.7 Å². The second-order valence-electron chi connectivity index (χ2n) is 9.33. The maximum atomic E-state index is 13.2. The van der Waals surface area contributed by atoms with Crippen molar-refractivity contribution in [2.24, 2.45) is 0 Å². The van der Waals surface area contributed by atoms with E-state index in [1.54, 1.807) is 4.31 Å². The summed E-state index contributed by atoms with van der Waals surface area (Å²) in [5, 5.41) is 0. The summed E-state index contributed by atoms with van der Waals surface area (Å²) in [6.07, 6.45) is 3.34.